The number of hydrogen-bond acceptors (Lipinski definition) is 3. The number of carbonyl (C=O) groups excluding carboxylic acids is 1. The Morgan fingerprint density at radius 3 is 2.29 bits per heavy atom. The Labute approximate surface area is 105 Å². The van der Waals surface area contributed by atoms with Crippen LogP contribution in [0.4, 0.5) is 0 Å². The molecule has 0 aliphatic heterocycles. The summed E-state index contributed by atoms with van der Waals surface area (Å²) in [5.41, 5.74) is -0.547. The third-order valence-corrected chi connectivity index (χ3v) is 3.86. The van der Waals surface area contributed by atoms with Crippen molar-refractivity contribution in [1.29, 1.82) is 0 Å². The van der Waals surface area contributed by atoms with Crippen molar-refractivity contribution in [2.45, 2.75) is 31.8 Å². The zero-order valence-electron chi connectivity index (χ0n) is 9.36. The van der Waals surface area contributed by atoms with Crippen molar-refractivity contribution in [3.63, 3.8) is 0 Å². The first-order chi connectivity index (χ1) is 8.06. The van der Waals surface area contributed by atoms with Gasteiger partial charge in [-0.05, 0) is 30.5 Å². The van der Waals surface area contributed by atoms with Crippen molar-refractivity contribution >= 4 is 17.6 Å². The fourth-order valence-corrected chi connectivity index (χ4v) is 2.69. The average molecular weight is 254 g/mol. The highest BCUT2D eigenvalue weighted by atomic mass is 35.5. The maximum atomic E-state index is 11.3. The first kappa shape index (κ1) is 12.4. The molecule has 3 nitrogen and oxygen atoms in total. The lowest BCUT2D eigenvalue weighted by Gasteiger charge is -2.35. The largest absolute Gasteiger partial charge is 0.549 e. The van der Waals surface area contributed by atoms with Crippen molar-refractivity contribution in [3.8, 4) is 0 Å². The van der Waals surface area contributed by atoms with Crippen LogP contribution in [0.25, 0.3) is 0 Å². The quantitative estimate of drug-likeness (QED) is 0.892. The van der Waals surface area contributed by atoms with E-state index in [4.69, 9.17) is 11.6 Å². The van der Waals surface area contributed by atoms with Crippen LogP contribution < -0.4 is 5.11 Å². The average Bonchev–Trinajstić information content (AvgIpc) is 2.79. The van der Waals surface area contributed by atoms with Gasteiger partial charge in [0, 0.05) is 10.4 Å². The van der Waals surface area contributed by atoms with Crippen molar-refractivity contribution in [2.24, 2.45) is 5.41 Å². The molecule has 0 unspecified atom stereocenters. The zero-order valence-corrected chi connectivity index (χ0v) is 10.1. The molecule has 1 aromatic carbocycles. The number of aliphatic hydroxyl groups is 1. The molecule has 1 atom stereocenters. The Morgan fingerprint density at radius 2 is 1.82 bits per heavy atom. The normalized spacial score (nSPS) is 20.1. The second-order valence-corrected chi connectivity index (χ2v) is 5.04. The third kappa shape index (κ3) is 2.17. The van der Waals surface area contributed by atoms with Crippen LogP contribution in [0, 0.1) is 5.41 Å². The lowest BCUT2D eigenvalue weighted by molar-refractivity contribution is -0.324. The number of carboxylic acid groups (broad SMARTS) is 1. The van der Waals surface area contributed by atoms with Crippen LogP contribution in [0.1, 0.15) is 37.4 Å². The first-order valence-corrected chi connectivity index (χ1v) is 6.09. The van der Waals surface area contributed by atoms with Gasteiger partial charge < -0.3 is 15.0 Å². The van der Waals surface area contributed by atoms with Gasteiger partial charge in [-0.1, -0.05) is 36.6 Å². The van der Waals surface area contributed by atoms with E-state index in [1.807, 2.05) is 0 Å². The fraction of sp³-hybridized carbons (Fsp3) is 0.462. The van der Waals surface area contributed by atoms with E-state index in [0.717, 1.165) is 12.8 Å². The Hall–Kier alpha value is -1.06. The minimum atomic E-state index is -1.16. The summed E-state index contributed by atoms with van der Waals surface area (Å²) in [7, 11) is 0. The van der Waals surface area contributed by atoms with Crippen LogP contribution in [-0.2, 0) is 4.79 Å². The molecule has 17 heavy (non-hydrogen) atoms. The van der Waals surface area contributed by atoms with Gasteiger partial charge in [0.05, 0.1) is 12.1 Å². The Balaban J connectivity index is 2.31. The summed E-state index contributed by atoms with van der Waals surface area (Å²) in [6.45, 7) is 0. The SMILES string of the molecule is O=C([O-])C1([C@H](O)c2ccc(Cl)cc2)CCCC1. The predicted molar refractivity (Wildman–Crippen MR) is 62.3 cm³/mol. The molecule has 0 aromatic heterocycles. The number of aliphatic carboxylic acids is 1. The number of hydrogen-bond donors (Lipinski definition) is 1. The van der Waals surface area contributed by atoms with E-state index in [-0.39, 0.29) is 0 Å². The third-order valence-electron chi connectivity index (χ3n) is 3.61. The molecule has 1 fully saturated rings. The van der Waals surface area contributed by atoms with E-state index >= 15 is 0 Å². The smallest absolute Gasteiger partial charge is 0.0898 e. The van der Waals surface area contributed by atoms with E-state index in [1.165, 1.54) is 0 Å². The van der Waals surface area contributed by atoms with Gasteiger partial charge in [-0.25, -0.2) is 0 Å². The summed E-state index contributed by atoms with van der Waals surface area (Å²) >= 11 is 5.76. The number of carbonyl (C=O) groups is 1. The standard InChI is InChI=1S/C13H15ClO3/c14-10-5-3-9(4-6-10)11(15)13(12(16)17)7-1-2-8-13/h3-6,11,15H,1-2,7-8H2,(H,16,17)/p-1/t11-/m1/s1. The molecule has 1 N–H and O–H groups in total. The summed E-state index contributed by atoms with van der Waals surface area (Å²) < 4.78 is 0. The van der Waals surface area contributed by atoms with Crippen molar-refractivity contribution in [3.05, 3.63) is 34.9 Å². The molecule has 1 aromatic rings. The predicted octanol–water partition coefficient (Wildman–Crippen LogP) is 1.68. The molecular weight excluding hydrogens is 240 g/mol. The molecule has 0 radical (unpaired) electrons. The molecule has 2 rings (SSSR count). The van der Waals surface area contributed by atoms with Gasteiger partial charge in [-0.3, -0.25) is 0 Å². The minimum absolute atomic E-state index is 0.471. The number of halogens is 1. The van der Waals surface area contributed by atoms with Crippen LogP contribution in [0.15, 0.2) is 24.3 Å². The lowest BCUT2D eigenvalue weighted by atomic mass is 9.77. The number of rotatable bonds is 3. The van der Waals surface area contributed by atoms with Crippen molar-refractivity contribution < 1.29 is 15.0 Å². The summed E-state index contributed by atoms with van der Waals surface area (Å²) in [4.78, 5) is 11.3. The maximum Gasteiger partial charge on any atom is 0.0898 e. The number of carboxylic acids is 1. The van der Waals surface area contributed by atoms with Crippen LogP contribution in [0.2, 0.25) is 5.02 Å². The van der Waals surface area contributed by atoms with Gasteiger partial charge in [0.15, 0.2) is 0 Å². The van der Waals surface area contributed by atoms with Gasteiger partial charge in [0.2, 0.25) is 0 Å². The van der Waals surface area contributed by atoms with Gasteiger partial charge >= 0.3 is 0 Å². The molecule has 1 aliphatic carbocycles. The molecule has 4 heteroatoms. The van der Waals surface area contributed by atoms with Crippen molar-refractivity contribution in [1.82, 2.24) is 0 Å². The van der Waals surface area contributed by atoms with Gasteiger partial charge in [0.25, 0.3) is 0 Å². The van der Waals surface area contributed by atoms with E-state index in [0.29, 0.717) is 23.4 Å². The van der Waals surface area contributed by atoms with Crippen LogP contribution in [0.3, 0.4) is 0 Å². The van der Waals surface area contributed by atoms with Gasteiger partial charge in [-0.2, -0.15) is 0 Å². The molecule has 0 spiro atoms. The van der Waals surface area contributed by atoms with Crippen molar-refractivity contribution in [2.75, 3.05) is 0 Å². The van der Waals surface area contributed by atoms with E-state index in [2.05, 4.69) is 0 Å². The Morgan fingerprint density at radius 1 is 1.29 bits per heavy atom. The van der Waals surface area contributed by atoms with E-state index in [9.17, 15) is 15.0 Å². The number of benzene rings is 1. The molecular formula is C13H14ClO3-. The van der Waals surface area contributed by atoms with Crippen LogP contribution >= 0.6 is 11.6 Å². The number of aliphatic hydroxyl groups excluding tert-OH is 1. The van der Waals surface area contributed by atoms with Crippen LogP contribution in [-0.4, -0.2) is 11.1 Å². The van der Waals surface area contributed by atoms with Gasteiger partial charge in [0.1, 0.15) is 0 Å². The Bertz CT molecular complexity index is 407. The topological polar surface area (TPSA) is 60.4 Å². The highest BCUT2D eigenvalue weighted by Crippen LogP contribution is 2.47. The fourth-order valence-electron chi connectivity index (χ4n) is 2.56. The summed E-state index contributed by atoms with van der Waals surface area (Å²) in [6, 6.07) is 6.63. The van der Waals surface area contributed by atoms with E-state index < -0.39 is 17.5 Å². The highest BCUT2D eigenvalue weighted by Gasteiger charge is 2.42. The second-order valence-electron chi connectivity index (χ2n) is 4.60. The minimum Gasteiger partial charge on any atom is -0.549 e. The van der Waals surface area contributed by atoms with E-state index in [1.54, 1.807) is 24.3 Å². The molecule has 1 aliphatic rings. The summed E-state index contributed by atoms with van der Waals surface area (Å²) in [5, 5.41) is 22.1. The molecule has 1 saturated carbocycles. The molecule has 92 valence electrons. The van der Waals surface area contributed by atoms with Crippen LogP contribution in [0.5, 0.6) is 0 Å². The lowest BCUT2D eigenvalue weighted by Crippen LogP contribution is -2.44. The molecule has 0 amide bonds. The summed E-state index contributed by atoms with van der Waals surface area (Å²) in [6.07, 6.45) is 1.56. The highest BCUT2D eigenvalue weighted by molar-refractivity contribution is 6.30. The monoisotopic (exact) mass is 253 g/mol. The first-order valence-electron chi connectivity index (χ1n) is 5.71. The Kier molecular flexibility index (Phi) is 3.40. The molecule has 0 saturated heterocycles. The zero-order chi connectivity index (χ0) is 12.5. The molecule has 0 heterocycles. The molecule has 0 bridgehead atoms. The van der Waals surface area contributed by atoms with Gasteiger partial charge in [-0.15, -0.1) is 0 Å². The summed E-state index contributed by atoms with van der Waals surface area (Å²) in [5.74, 6) is -1.16. The maximum absolute atomic E-state index is 11.3. The second kappa shape index (κ2) is 4.67.